The van der Waals surface area contributed by atoms with Crippen molar-refractivity contribution in [1.82, 2.24) is 9.55 Å². The lowest BCUT2D eigenvalue weighted by Crippen LogP contribution is -2.55. The number of hydrogen-bond acceptors (Lipinski definition) is 9. The number of nitrogens with one attached hydrogen (secondary N) is 1. The minimum atomic E-state index is -1.75. The maximum absolute atomic E-state index is 13.1. The smallest absolute Gasteiger partial charge is 0.338 e. The fourth-order valence-electron chi connectivity index (χ4n) is 4.80. The molecule has 2 aromatic carbocycles. The highest BCUT2D eigenvalue weighted by molar-refractivity contribution is 5.89. The fraction of sp³-hybridized carbons (Fsp3) is 0.357. The predicted octanol–water partition coefficient (Wildman–Crippen LogP) is 2.13. The summed E-state index contributed by atoms with van der Waals surface area (Å²) in [7, 11) is 0. The summed E-state index contributed by atoms with van der Waals surface area (Å²) in [5, 5.41) is 0. The van der Waals surface area contributed by atoms with E-state index in [1.165, 1.54) is 13.1 Å². The molecule has 0 spiro atoms. The molecule has 2 fully saturated rings. The highest BCUT2D eigenvalue weighted by Crippen LogP contribution is 2.46. The summed E-state index contributed by atoms with van der Waals surface area (Å²) in [5.74, 6) is -2.32. The molecule has 204 valence electrons. The Morgan fingerprint density at radius 1 is 0.897 bits per heavy atom. The van der Waals surface area contributed by atoms with E-state index in [0.717, 1.165) is 4.57 Å². The van der Waals surface area contributed by atoms with Crippen LogP contribution in [-0.4, -0.2) is 58.8 Å². The zero-order chi connectivity index (χ0) is 27.8. The van der Waals surface area contributed by atoms with Crippen molar-refractivity contribution in [3.05, 3.63) is 104 Å². The average molecular weight is 537 g/mol. The van der Waals surface area contributed by atoms with Gasteiger partial charge in [0, 0.05) is 11.8 Å². The quantitative estimate of drug-likeness (QED) is 0.451. The number of aromatic nitrogens is 2. The van der Waals surface area contributed by atoms with E-state index in [1.54, 1.807) is 74.5 Å². The monoisotopic (exact) mass is 536 g/mol. The number of carbonyl (C=O) groups excluding carboxylic acids is 2. The Morgan fingerprint density at radius 3 is 2.10 bits per heavy atom. The first-order valence-corrected chi connectivity index (χ1v) is 12.4. The first-order chi connectivity index (χ1) is 18.6. The van der Waals surface area contributed by atoms with Crippen molar-refractivity contribution >= 4 is 11.9 Å². The van der Waals surface area contributed by atoms with E-state index < -0.39 is 59.6 Å². The lowest BCUT2D eigenvalue weighted by atomic mass is 10.0. The van der Waals surface area contributed by atoms with E-state index >= 15 is 0 Å². The van der Waals surface area contributed by atoms with Gasteiger partial charge in [0.1, 0.15) is 31.5 Å². The van der Waals surface area contributed by atoms with E-state index in [9.17, 15) is 19.2 Å². The van der Waals surface area contributed by atoms with Crippen molar-refractivity contribution < 1.29 is 33.3 Å². The van der Waals surface area contributed by atoms with Gasteiger partial charge >= 0.3 is 17.6 Å². The number of carbonyl (C=O) groups is 2. The molecule has 1 N–H and O–H groups in total. The Morgan fingerprint density at radius 2 is 1.49 bits per heavy atom. The van der Waals surface area contributed by atoms with Gasteiger partial charge in [0.05, 0.1) is 11.1 Å². The normalized spacial score (nSPS) is 25.2. The Hall–Kier alpha value is -4.06. The molecule has 39 heavy (non-hydrogen) atoms. The van der Waals surface area contributed by atoms with Crippen LogP contribution in [0, 0.1) is 6.92 Å². The molecule has 0 amide bonds. The summed E-state index contributed by atoms with van der Waals surface area (Å²) in [6.45, 7) is 4.22. The molecule has 2 saturated heterocycles. The van der Waals surface area contributed by atoms with Crippen molar-refractivity contribution in [2.24, 2.45) is 0 Å². The van der Waals surface area contributed by atoms with Crippen molar-refractivity contribution in [1.29, 1.82) is 0 Å². The molecule has 0 bridgehead atoms. The second-order valence-corrected chi connectivity index (χ2v) is 9.87. The Labute approximate surface area is 223 Å². The van der Waals surface area contributed by atoms with Crippen LogP contribution in [0.1, 0.15) is 40.1 Å². The van der Waals surface area contributed by atoms with E-state index in [0.29, 0.717) is 11.1 Å². The van der Waals surface area contributed by atoms with Crippen molar-refractivity contribution in [2.45, 2.75) is 50.6 Å². The molecule has 3 heterocycles. The largest absolute Gasteiger partial charge is 0.459 e. The number of benzene rings is 2. The van der Waals surface area contributed by atoms with Crippen molar-refractivity contribution in [2.75, 3.05) is 13.2 Å². The number of ether oxygens (including phenoxy) is 5. The average Bonchev–Trinajstić information content (AvgIpc) is 3.40. The van der Waals surface area contributed by atoms with Crippen molar-refractivity contribution in [3.8, 4) is 0 Å². The molecular weight excluding hydrogens is 508 g/mol. The minimum Gasteiger partial charge on any atom is -0.459 e. The van der Waals surface area contributed by atoms with E-state index in [1.807, 2.05) is 0 Å². The van der Waals surface area contributed by atoms with Gasteiger partial charge in [0.25, 0.3) is 5.56 Å². The molecule has 1 aromatic heterocycles. The third kappa shape index (κ3) is 5.16. The van der Waals surface area contributed by atoms with Gasteiger partial charge in [-0.3, -0.25) is 14.3 Å². The Kier molecular flexibility index (Phi) is 6.98. The van der Waals surface area contributed by atoms with E-state index in [2.05, 4.69) is 4.98 Å². The molecule has 0 radical (unpaired) electrons. The SMILES string of the molecule is Cc1cn([C@]2(COC(=O)c3ccccc3)O[C@H](COC(=O)c3ccccc3)[C@H]3OC(C)(C)O[C@H]32)c(=O)[nH]c1=O. The highest BCUT2D eigenvalue weighted by Gasteiger charge is 2.65. The van der Waals surface area contributed by atoms with Crippen LogP contribution in [0.25, 0.3) is 0 Å². The van der Waals surface area contributed by atoms with E-state index in [4.69, 9.17) is 23.7 Å². The van der Waals surface area contributed by atoms with Gasteiger partial charge in [-0.2, -0.15) is 0 Å². The zero-order valence-electron chi connectivity index (χ0n) is 21.6. The molecular formula is C28H28N2O9. The van der Waals surface area contributed by atoms with Crippen LogP contribution in [0.3, 0.4) is 0 Å². The first kappa shape index (κ1) is 26.5. The predicted molar refractivity (Wildman–Crippen MR) is 136 cm³/mol. The van der Waals surface area contributed by atoms with Crippen LogP contribution in [-0.2, 0) is 29.4 Å². The van der Waals surface area contributed by atoms with Gasteiger partial charge in [-0.25, -0.2) is 14.4 Å². The van der Waals surface area contributed by atoms with Crippen LogP contribution in [0.5, 0.6) is 0 Å². The van der Waals surface area contributed by atoms with Gasteiger partial charge in [-0.1, -0.05) is 36.4 Å². The van der Waals surface area contributed by atoms with Crippen LogP contribution in [0.2, 0.25) is 0 Å². The molecule has 2 aliphatic heterocycles. The number of aromatic amines is 1. The summed E-state index contributed by atoms with van der Waals surface area (Å²) in [4.78, 5) is 53.1. The topological polar surface area (TPSA) is 135 Å². The van der Waals surface area contributed by atoms with Gasteiger partial charge in [-0.15, -0.1) is 0 Å². The van der Waals surface area contributed by atoms with Crippen molar-refractivity contribution in [3.63, 3.8) is 0 Å². The molecule has 2 aliphatic rings. The summed E-state index contributed by atoms with van der Waals surface area (Å²) in [6, 6.07) is 16.8. The molecule has 11 heteroatoms. The lowest BCUT2D eigenvalue weighted by molar-refractivity contribution is -0.244. The molecule has 0 unspecified atom stereocenters. The number of rotatable bonds is 7. The number of H-pyrrole nitrogens is 1. The zero-order valence-corrected chi connectivity index (χ0v) is 21.6. The standard InChI is InChI=1S/C28H28N2O9/c1-17-14-30(26(34)29-23(17)31)28(16-36-25(33)19-12-8-5-9-13-19)22-21(38-27(2,3)39-22)20(37-28)15-35-24(32)18-10-6-4-7-11-18/h4-14,20-22H,15-16H2,1-3H3,(H,29,31,34)/t20-,21-,22-,28-/m1/s1. The summed E-state index contributed by atoms with van der Waals surface area (Å²) in [6.07, 6.45) is -1.36. The van der Waals surface area contributed by atoms with Gasteiger partial charge in [0.15, 0.2) is 5.79 Å². The lowest BCUT2D eigenvalue weighted by Gasteiger charge is -2.35. The molecule has 11 nitrogen and oxygen atoms in total. The second-order valence-electron chi connectivity index (χ2n) is 9.87. The van der Waals surface area contributed by atoms with Crippen LogP contribution in [0.4, 0.5) is 0 Å². The second kappa shape index (κ2) is 10.3. The van der Waals surface area contributed by atoms with E-state index in [-0.39, 0.29) is 12.2 Å². The summed E-state index contributed by atoms with van der Waals surface area (Å²) < 4.78 is 31.0. The summed E-state index contributed by atoms with van der Waals surface area (Å²) >= 11 is 0. The third-order valence-corrected chi connectivity index (χ3v) is 6.63. The van der Waals surface area contributed by atoms with Crippen LogP contribution < -0.4 is 11.2 Å². The fourth-order valence-corrected chi connectivity index (χ4v) is 4.80. The van der Waals surface area contributed by atoms with Crippen LogP contribution >= 0.6 is 0 Å². The third-order valence-electron chi connectivity index (χ3n) is 6.63. The van der Waals surface area contributed by atoms with Gasteiger partial charge in [-0.05, 0) is 45.0 Å². The number of fused-ring (bicyclic) bond motifs is 1. The maximum Gasteiger partial charge on any atom is 0.338 e. The van der Waals surface area contributed by atoms with Crippen LogP contribution in [0.15, 0.2) is 76.4 Å². The number of nitrogens with zero attached hydrogens (tertiary/aromatic N) is 1. The Bertz CT molecular complexity index is 1480. The molecule has 4 atom stereocenters. The summed E-state index contributed by atoms with van der Waals surface area (Å²) in [5.41, 5.74) is -2.25. The molecule has 5 rings (SSSR count). The van der Waals surface area contributed by atoms with Gasteiger partial charge < -0.3 is 23.7 Å². The minimum absolute atomic E-state index is 0.223. The number of esters is 2. The number of aryl methyl sites for hydroxylation is 1. The van der Waals surface area contributed by atoms with Gasteiger partial charge in [0.2, 0.25) is 5.72 Å². The first-order valence-electron chi connectivity index (χ1n) is 12.4. The molecule has 0 aliphatic carbocycles. The Balaban J connectivity index is 1.51. The highest BCUT2D eigenvalue weighted by atomic mass is 16.8. The molecule has 3 aromatic rings. The number of hydrogen-bond donors (Lipinski definition) is 1. The molecule has 0 saturated carbocycles. The maximum atomic E-state index is 13.1.